The van der Waals surface area contributed by atoms with Crippen LogP contribution in [0.5, 0.6) is 5.75 Å². The second-order valence-electron chi connectivity index (χ2n) is 7.82. The van der Waals surface area contributed by atoms with Crippen LogP contribution in [-0.4, -0.2) is 46.8 Å². The molecule has 34 heavy (non-hydrogen) atoms. The van der Waals surface area contributed by atoms with Crippen molar-refractivity contribution in [2.45, 2.75) is 37.6 Å². The number of carbonyl (C=O) groups excluding carboxylic acids is 3. The van der Waals surface area contributed by atoms with Crippen LogP contribution in [0.4, 0.5) is 0 Å². The molecule has 9 heteroatoms. The van der Waals surface area contributed by atoms with Gasteiger partial charge >= 0.3 is 0 Å². The Labute approximate surface area is 198 Å². The van der Waals surface area contributed by atoms with Gasteiger partial charge in [-0.15, -0.1) is 0 Å². The summed E-state index contributed by atoms with van der Waals surface area (Å²) in [6, 6.07) is 14.6. The molecule has 0 saturated heterocycles. The first kappa shape index (κ1) is 26.4. The van der Waals surface area contributed by atoms with Gasteiger partial charge in [-0.3, -0.25) is 14.4 Å². The molecule has 0 aliphatic carbocycles. The molecular weight excluding hydrogens is 436 g/mol. The highest BCUT2D eigenvalue weighted by atomic mass is 16.5. The van der Waals surface area contributed by atoms with E-state index in [4.69, 9.17) is 21.5 Å². The number of phenols is 1. The fourth-order valence-corrected chi connectivity index (χ4v) is 3.23. The molecule has 6 N–H and O–H groups in total. The van der Waals surface area contributed by atoms with Crippen LogP contribution in [0, 0.1) is 11.3 Å². The monoisotopic (exact) mass is 464 g/mol. The van der Waals surface area contributed by atoms with Crippen LogP contribution in [0.1, 0.15) is 24.5 Å². The summed E-state index contributed by atoms with van der Waals surface area (Å²) < 4.78 is 5.61. The van der Waals surface area contributed by atoms with Gasteiger partial charge in [0.15, 0.2) is 11.6 Å². The van der Waals surface area contributed by atoms with Crippen molar-refractivity contribution in [3.63, 3.8) is 0 Å². The Bertz CT molecular complexity index is 1060. The van der Waals surface area contributed by atoms with Crippen LogP contribution in [0.25, 0.3) is 6.08 Å². The van der Waals surface area contributed by atoms with Gasteiger partial charge in [0.05, 0.1) is 25.3 Å². The third kappa shape index (κ3) is 7.64. The zero-order chi connectivity index (χ0) is 25.1. The van der Waals surface area contributed by atoms with Gasteiger partial charge in [-0.05, 0) is 29.3 Å². The predicted molar refractivity (Wildman–Crippen MR) is 126 cm³/mol. The van der Waals surface area contributed by atoms with Gasteiger partial charge in [-0.1, -0.05) is 48.5 Å². The van der Waals surface area contributed by atoms with Gasteiger partial charge in [0.1, 0.15) is 17.3 Å². The van der Waals surface area contributed by atoms with E-state index in [2.05, 4.69) is 5.32 Å². The number of hydrogen-bond acceptors (Lipinski definition) is 8. The second kappa shape index (κ2) is 12.4. The van der Waals surface area contributed by atoms with Crippen molar-refractivity contribution in [1.82, 2.24) is 5.32 Å². The lowest BCUT2D eigenvalue weighted by Gasteiger charge is -2.30. The summed E-state index contributed by atoms with van der Waals surface area (Å²) >= 11 is 0. The Morgan fingerprint density at radius 2 is 1.82 bits per heavy atom. The number of carbonyl (C=O) groups is 3. The molecule has 0 aliphatic heterocycles. The molecule has 0 fully saturated rings. The number of aromatic hydroxyl groups is 1. The maximum atomic E-state index is 13.4. The number of hydrogen-bond donors (Lipinski definition) is 4. The fourth-order valence-electron chi connectivity index (χ4n) is 3.23. The summed E-state index contributed by atoms with van der Waals surface area (Å²) in [5.41, 5.74) is 11.3. The third-order valence-corrected chi connectivity index (χ3v) is 5.00. The van der Waals surface area contributed by atoms with Crippen LogP contribution in [0.3, 0.4) is 0 Å². The number of phenolic OH excluding ortho intramolecular Hbond substituents is 1. The molecule has 0 aromatic heterocycles. The number of nitrogens with one attached hydrogen (secondary N) is 1. The highest BCUT2D eigenvalue weighted by molar-refractivity contribution is 6.18. The van der Waals surface area contributed by atoms with Crippen LogP contribution in [-0.2, 0) is 25.7 Å². The number of nitriles is 1. The topological polar surface area (TPSA) is 169 Å². The Morgan fingerprint density at radius 1 is 1.18 bits per heavy atom. The van der Waals surface area contributed by atoms with E-state index in [0.29, 0.717) is 5.56 Å². The van der Waals surface area contributed by atoms with Crippen molar-refractivity contribution in [3.8, 4) is 11.8 Å². The number of amides is 1. The quantitative estimate of drug-likeness (QED) is 0.268. The average Bonchev–Trinajstić information content (AvgIpc) is 2.82. The number of nitrogens with zero attached hydrogens (tertiary/aromatic N) is 1. The number of benzene rings is 2. The molecule has 0 heterocycles. The van der Waals surface area contributed by atoms with Crippen LogP contribution in [0.2, 0.25) is 0 Å². The first-order valence-corrected chi connectivity index (χ1v) is 10.5. The van der Waals surface area contributed by atoms with Gasteiger partial charge in [0, 0.05) is 13.3 Å². The van der Waals surface area contributed by atoms with E-state index in [1.54, 1.807) is 18.2 Å². The van der Waals surface area contributed by atoms with Crippen molar-refractivity contribution >= 4 is 23.5 Å². The minimum Gasteiger partial charge on any atom is -0.508 e. The summed E-state index contributed by atoms with van der Waals surface area (Å²) in [5.74, 6) is -2.06. The van der Waals surface area contributed by atoms with E-state index in [1.807, 2.05) is 30.3 Å². The molecule has 1 amide bonds. The van der Waals surface area contributed by atoms with Gasteiger partial charge in [0.2, 0.25) is 5.91 Å². The Morgan fingerprint density at radius 3 is 2.41 bits per heavy atom. The molecule has 9 nitrogen and oxygen atoms in total. The molecule has 2 aromatic carbocycles. The molecule has 178 valence electrons. The normalized spacial score (nSPS) is 14.5. The highest BCUT2D eigenvalue weighted by Crippen LogP contribution is 2.18. The van der Waals surface area contributed by atoms with Crippen LogP contribution >= 0.6 is 0 Å². The highest BCUT2D eigenvalue weighted by Gasteiger charge is 2.45. The number of ether oxygens (including phenoxy) is 1. The van der Waals surface area contributed by atoms with Crippen LogP contribution in [0.15, 0.2) is 60.7 Å². The summed E-state index contributed by atoms with van der Waals surface area (Å²) in [4.78, 5) is 38.3. The fraction of sp³-hybridized carbons (Fsp3) is 0.280. The van der Waals surface area contributed by atoms with E-state index in [1.165, 1.54) is 25.1 Å². The average molecular weight is 465 g/mol. The number of ketones is 2. The largest absolute Gasteiger partial charge is 0.508 e. The molecule has 0 bridgehead atoms. The minimum atomic E-state index is -2.17. The minimum absolute atomic E-state index is 0.0560. The lowest BCUT2D eigenvalue weighted by Crippen LogP contribution is -2.63. The first-order chi connectivity index (χ1) is 16.2. The lowest BCUT2D eigenvalue weighted by molar-refractivity contribution is -0.137. The Kier molecular flexibility index (Phi) is 9.64. The summed E-state index contributed by atoms with van der Waals surface area (Å²) in [5, 5.41) is 21.0. The standard InChI is InChI=1S/C25H28N4O5/c1-17(30)29-22(16-34-15-19-5-3-2-4-6-19)24(33)25(28,13-20(27)14-26)23(32)12-9-18-7-10-21(31)11-8-18/h2-12,20,22,31H,13,15-16,27-28H2,1H3,(H,29,30)/b12-9+/t20?,22-,25?/m1/s1. The van der Waals surface area contributed by atoms with E-state index in [0.717, 1.165) is 11.6 Å². The maximum Gasteiger partial charge on any atom is 0.217 e. The summed E-state index contributed by atoms with van der Waals surface area (Å²) in [6.45, 7) is 1.17. The Balaban J connectivity index is 2.26. The van der Waals surface area contributed by atoms with E-state index in [-0.39, 0.29) is 19.0 Å². The van der Waals surface area contributed by atoms with Crippen molar-refractivity contribution in [3.05, 3.63) is 71.8 Å². The molecule has 0 saturated carbocycles. The van der Waals surface area contributed by atoms with Crippen molar-refractivity contribution in [2.24, 2.45) is 11.5 Å². The van der Waals surface area contributed by atoms with Crippen molar-refractivity contribution in [2.75, 3.05) is 6.61 Å². The van der Waals surface area contributed by atoms with Gasteiger partial charge < -0.3 is 26.6 Å². The van der Waals surface area contributed by atoms with Crippen molar-refractivity contribution in [1.29, 1.82) is 5.26 Å². The van der Waals surface area contributed by atoms with E-state index in [9.17, 15) is 19.5 Å². The van der Waals surface area contributed by atoms with E-state index >= 15 is 0 Å². The van der Waals surface area contributed by atoms with Gasteiger partial charge in [0.25, 0.3) is 0 Å². The Hall–Kier alpha value is -3.84. The number of Topliss-reactive ketones (excluding diaryl/α,β-unsaturated/α-hetero) is 1. The molecular formula is C25H28N4O5. The molecule has 2 rings (SSSR count). The summed E-state index contributed by atoms with van der Waals surface area (Å²) in [7, 11) is 0. The third-order valence-electron chi connectivity index (χ3n) is 5.00. The second-order valence-corrected chi connectivity index (χ2v) is 7.82. The zero-order valence-corrected chi connectivity index (χ0v) is 18.8. The predicted octanol–water partition coefficient (Wildman–Crippen LogP) is 1.20. The molecule has 2 aromatic rings. The SMILES string of the molecule is CC(=O)N[C@H](COCc1ccccc1)C(=O)C(N)(CC(N)C#N)C(=O)/C=C/c1ccc(O)cc1. The number of nitrogens with two attached hydrogens (primary N) is 2. The first-order valence-electron chi connectivity index (χ1n) is 10.5. The molecule has 0 aliphatic rings. The zero-order valence-electron chi connectivity index (χ0n) is 18.8. The number of rotatable bonds is 12. The van der Waals surface area contributed by atoms with Crippen molar-refractivity contribution < 1.29 is 24.2 Å². The van der Waals surface area contributed by atoms with Gasteiger partial charge in [-0.25, -0.2) is 0 Å². The molecule has 0 spiro atoms. The molecule has 0 radical (unpaired) electrons. The summed E-state index contributed by atoms with van der Waals surface area (Å²) in [6.07, 6.45) is 2.09. The lowest BCUT2D eigenvalue weighted by atomic mass is 9.80. The van der Waals surface area contributed by atoms with E-state index < -0.39 is 41.5 Å². The smallest absolute Gasteiger partial charge is 0.217 e. The maximum absolute atomic E-state index is 13.4. The molecule has 2 unspecified atom stereocenters. The molecule has 3 atom stereocenters. The van der Waals surface area contributed by atoms with Gasteiger partial charge in [-0.2, -0.15) is 5.26 Å². The van der Waals surface area contributed by atoms with Crippen LogP contribution < -0.4 is 16.8 Å².